The highest BCUT2D eigenvalue weighted by Crippen LogP contribution is 2.36. The van der Waals surface area contributed by atoms with E-state index >= 15 is 0 Å². The standard InChI is InChI=1S/C18H25N3O2S/c19-16(18(23)20-8-1-2-9-20)12-3-5-13(6-4-12)21-11-15-14(17(21)22)7-10-24-15/h7,10,12-13,16H,1-6,8-9,11,19H2/t12?,13?,16-/m0/s1. The summed E-state index contributed by atoms with van der Waals surface area (Å²) in [5, 5.41) is 2.00. The maximum absolute atomic E-state index is 12.5. The zero-order chi connectivity index (χ0) is 16.7. The number of rotatable bonds is 3. The minimum atomic E-state index is -0.361. The Morgan fingerprint density at radius 2 is 1.92 bits per heavy atom. The number of hydrogen-bond donors (Lipinski definition) is 1. The zero-order valence-corrected chi connectivity index (χ0v) is 14.8. The van der Waals surface area contributed by atoms with Gasteiger partial charge < -0.3 is 15.5 Å². The van der Waals surface area contributed by atoms with Gasteiger partial charge in [0.15, 0.2) is 0 Å². The van der Waals surface area contributed by atoms with Crippen LogP contribution >= 0.6 is 11.3 Å². The third-order valence-corrected chi connectivity index (χ3v) is 6.85. The lowest BCUT2D eigenvalue weighted by Gasteiger charge is -2.37. The summed E-state index contributed by atoms with van der Waals surface area (Å²) in [4.78, 5) is 30.1. The van der Waals surface area contributed by atoms with Crippen molar-refractivity contribution in [2.45, 2.75) is 57.2 Å². The first-order valence-electron chi connectivity index (χ1n) is 9.07. The molecule has 0 bridgehead atoms. The van der Waals surface area contributed by atoms with Gasteiger partial charge in [-0.2, -0.15) is 0 Å². The summed E-state index contributed by atoms with van der Waals surface area (Å²) in [5.41, 5.74) is 7.17. The van der Waals surface area contributed by atoms with Crippen molar-refractivity contribution in [3.05, 3.63) is 21.9 Å². The summed E-state index contributed by atoms with van der Waals surface area (Å²) in [6.45, 7) is 2.50. The van der Waals surface area contributed by atoms with Crippen molar-refractivity contribution in [3.8, 4) is 0 Å². The molecule has 2 fully saturated rings. The summed E-state index contributed by atoms with van der Waals surface area (Å²) in [7, 11) is 0. The van der Waals surface area contributed by atoms with E-state index in [1.54, 1.807) is 11.3 Å². The smallest absolute Gasteiger partial charge is 0.255 e. The van der Waals surface area contributed by atoms with Crippen molar-refractivity contribution in [3.63, 3.8) is 0 Å². The Morgan fingerprint density at radius 1 is 1.21 bits per heavy atom. The van der Waals surface area contributed by atoms with Crippen molar-refractivity contribution in [1.82, 2.24) is 9.80 Å². The first-order valence-corrected chi connectivity index (χ1v) is 9.95. The van der Waals surface area contributed by atoms with Gasteiger partial charge in [-0.25, -0.2) is 0 Å². The van der Waals surface area contributed by atoms with Crippen LogP contribution in [0, 0.1) is 5.92 Å². The number of thiophene rings is 1. The molecule has 1 aromatic heterocycles. The van der Waals surface area contributed by atoms with Crippen molar-refractivity contribution in [2.75, 3.05) is 13.1 Å². The van der Waals surface area contributed by atoms with Gasteiger partial charge in [-0.1, -0.05) is 0 Å². The van der Waals surface area contributed by atoms with E-state index in [0.717, 1.165) is 63.7 Å². The molecule has 24 heavy (non-hydrogen) atoms. The van der Waals surface area contributed by atoms with Crippen molar-refractivity contribution >= 4 is 23.2 Å². The first kappa shape index (κ1) is 16.1. The van der Waals surface area contributed by atoms with E-state index in [9.17, 15) is 9.59 Å². The maximum Gasteiger partial charge on any atom is 0.255 e. The Hall–Kier alpha value is -1.40. The molecule has 1 aliphatic carbocycles. The number of hydrogen-bond acceptors (Lipinski definition) is 4. The van der Waals surface area contributed by atoms with Crippen molar-refractivity contribution in [2.24, 2.45) is 11.7 Å². The van der Waals surface area contributed by atoms with E-state index in [1.165, 1.54) is 4.88 Å². The molecule has 3 aliphatic rings. The molecule has 2 aliphatic heterocycles. The third-order valence-electron chi connectivity index (χ3n) is 5.94. The Bertz CT molecular complexity index is 630. The zero-order valence-electron chi connectivity index (χ0n) is 13.9. The van der Waals surface area contributed by atoms with Crippen LogP contribution in [0.3, 0.4) is 0 Å². The average Bonchev–Trinajstić information content (AvgIpc) is 3.33. The fourth-order valence-electron chi connectivity index (χ4n) is 4.45. The number of likely N-dealkylation sites (tertiary alicyclic amines) is 1. The Balaban J connectivity index is 1.33. The van der Waals surface area contributed by atoms with E-state index < -0.39 is 0 Å². The molecule has 0 radical (unpaired) electrons. The van der Waals surface area contributed by atoms with E-state index in [4.69, 9.17) is 5.73 Å². The summed E-state index contributed by atoms with van der Waals surface area (Å²) >= 11 is 1.67. The molecule has 6 heteroatoms. The van der Waals surface area contributed by atoms with Crippen LogP contribution < -0.4 is 5.73 Å². The van der Waals surface area contributed by atoms with Crippen LogP contribution in [0.4, 0.5) is 0 Å². The van der Waals surface area contributed by atoms with Crippen LogP contribution in [0.25, 0.3) is 0 Å². The van der Waals surface area contributed by atoms with Crippen LogP contribution in [0.15, 0.2) is 11.4 Å². The largest absolute Gasteiger partial charge is 0.341 e. The molecule has 1 atom stereocenters. The van der Waals surface area contributed by atoms with Gasteiger partial charge in [-0.15, -0.1) is 11.3 Å². The second kappa shape index (κ2) is 6.48. The molecule has 3 heterocycles. The topological polar surface area (TPSA) is 66.6 Å². The molecule has 2 amide bonds. The van der Waals surface area contributed by atoms with Gasteiger partial charge in [0.2, 0.25) is 5.91 Å². The monoisotopic (exact) mass is 347 g/mol. The molecule has 5 nitrogen and oxygen atoms in total. The number of carbonyl (C=O) groups excluding carboxylic acids is 2. The molecule has 1 saturated carbocycles. The van der Waals surface area contributed by atoms with Crippen molar-refractivity contribution < 1.29 is 9.59 Å². The molecule has 1 aromatic rings. The van der Waals surface area contributed by atoms with E-state index in [2.05, 4.69) is 0 Å². The average molecular weight is 347 g/mol. The van der Waals surface area contributed by atoms with E-state index in [-0.39, 0.29) is 23.8 Å². The molecule has 1 saturated heterocycles. The lowest BCUT2D eigenvalue weighted by atomic mass is 9.81. The van der Waals surface area contributed by atoms with Crippen LogP contribution in [0.5, 0.6) is 0 Å². The van der Waals surface area contributed by atoms with Crippen molar-refractivity contribution in [1.29, 1.82) is 0 Å². The molecule has 4 rings (SSSR count). The molecule has 2 N–H and O–H groups in total. The lowest BCUT2D eigenvalue weighted by molar-refractivity contribution is -0.133. The number of carbonyl (C=O) groups is 2. The normalized spacial score (nSPS) is 28.3. The maximum atomic E-state index is 12.5. The fourth-order valence-corrected chi connectivity index (χ4v) is 5.32. The van der Waals surface area contributed by atoms with E-state index in [0.29, 0.717) is 6.04 Å². The van der Waals surface area contributed by atoms with Crippen LogP contribution in [-0.2, 0) is 11.3 Å². The SMILES string of the molecule is N[C@H](C(=O)N1CCCC1)C1CCC(N2Cc3sccc3C2=O)CC1. The minimum Gasteiger partial charge on any atom is -0.341 e. The Labute approximate surface area is 146 Å². The molecule has 0 unspecified atom stereocenters. The number of amides is 2. The predicted octanol–water partition coefficient (Wildman–Crippen LogP) is 2.21. The highest BCUT2D eigenvalue weighted by Gasteiger charge is 2.38. The Kier molecular flexibility index (Phi) is 4.35. The van der Waals surface area contributed by atoms with Gasteiger partial charge in [-0.05, 0) is 55.9 Å². The van der Waals surface area contributed by atoms with Gasteiger partial charge >= 0.3 is 0 Å². The molecule has 130 valence electrons. The van der Waals surface area contributed by atoms with Gasteiger partial charge in [-0.3, -0.25) is 9.59 Å². The number of nitrogens with zero attached hydrogens (tertiary/aromatic N) is 2. The molecule has 0 aromatic carbocycles. The quantitative estimate of drug-likeness (QED) is 0.912. The van der Waals surface area contributed by atoms with Gasteiger partial charge in [0.25, 0.3) is 5.91 Å². The summed E-state index contributed by atoms with van der Waals surface area (Å²) in [6.07, 6.45) is 6.03. The Morgan fingerprint density at radius 3 is 2.58 bits per heavy atom. The first-order chi connectivity index (χ1) is 11.6. The second-order valence-corrected chi connectivity index (χ2v) is 8.32. The predicted molar refractivity (Wildman–Crippen MR) is 93.7 cm³/mol. The van der Waals surface area contributed by atoms with Gasteiger partial charge in [0, 0.05) is 24.0 Å². The number of nitrogens with two attached hydrogens (primary N) is 1. The van der Waals surface area contributed by atoms with Gasteiger partial charge in [0.1, 0.15) is 0 Å². The number of fused-ring (bicyclic) bond motifs is 1. The van der Waals surface area contributed by atoms with Crippen LogP contribution in [-0.4, -0.2) is 46.8 Å². The minimum absolute atomic E-state index is 0.135. The summed E-state index contributed by atoms with van der Waals surface area (Å²) < 4.78 is 0. The molecular weight excluding hydrogens is 322 g/mol. The highest BCUT2D eigenvalue weighted by molar-refractivity contribution is 7.10. The van der Waals surface area contributed by atoms with Gasteiger partial charge in [0.05, 0.1) is 18.2 Å². The van der Waals surface area contributed by atoms with E-state index in [1.807, 2.05) is 21.2 Å². The van der Waals surface area contributed by atoms with Crippen LogP contribution in [0.1, 0.15) is 53.8 Å². The lowest BCUT2D eigenvalue weighted by Crippen LogP contribution is -2.49. The second-order valence-electron chi connectivity index (χ2n) is 7.32. The summed E-state index contributed by atoms with van der Waals surface area (Å²) in [6, 6.07) is 1.89. The molecular formula is C18H25N3O2S. The fraction of sp³-hybridized carbons (Fsp3) is 0.667. The highest BCUT2D eigenvalue weighted by atomic mass is 32.1. The summed E-state index contributed by atoms with van der Waals surface area (Å²) in [5.74, 6) is 0.587. The molecule has 0 spiro atoms. The third kappa shape index (κ3) is 2.75. The van der Waals surface area contributed by atoms with Crippen LogP contribution in [0.2, 0.25) is 0 Å².